The summed E-state index contributed by atoms with van der Waals surface area (Å²) in [6, 6.07) is 9.88. The molecule has 21 heavy (non-hydrogen) atoms. The van der Waals surface area contributed by atoms with Gasteiger partial charge in [0, 0.05) is 13.2 Å². The van der Waals surface area contributed by atoms with Crippen LogP contribution in [0.3, 0.4) is 0 Å². The highest BCUT2D eigenvalue weighted by Gasteiger charge is 2.31. The van der Waals surface area contributed by atoms with Gasteiger partial charge in [0.25, 0.3) is 0 Å². The quantitative estimate of drug-likeness (QED) is 0.916. The van der Waals surface area contributed by atoms with Gasteiger partial charge >= 0.3 is 0 Å². The van der Waals surface area contributed by atoms with Crippen LogP contribution in [0.15, 0.2) is 36.5 Å². The molecule has 0 aliphatic carbocycles. The molecule has 1 aliphatic heterocycles. The fourth-order valence-electron chi connectivity index (χ4n) is 2.62. The number of aryl methyl sites for hydroxylation is 1. The smallest absolute Gasteiger partial charge is 0.161 e. The van der Waals surface area contributed by atoms with E-state index < -0.39 is 0 Å². The number of hydrogen-bond acceptors (Lipinski definition) is 4. The first-order valence-corrected chi connectivity index (χ1v) is 7.39. The van der Waals surface area contributed by atoms with Crippen LogP contribution in [0.25, 0.3) is 0 Å². The highest BCUT2D eigenvalue weighted by Crippen LogP contribution is 2.34. The summed E-state index contributed by atoms with van der Waals surface area (Å²) in [5.74, 6) is 1.62. The summed E-state index contributed by atoms with van der Waals surface area (Å²) in [5.41, 5.74) is 1.11. The second-order valence-corrected chi connectivity index (χ2v) is 5.23. The Kier molecular flexibility index (Phi) is 4.10. The SMILES string of the molecule is CCCNC(c1ccnn1C)C1COc2ccccc2O1. The Morgan fingerprint density at radius 3 is 2.86 bits per heavy atom. The van der Waals surface area contributed by atoms with Gasteiger partial charge in [0.1, 0.15) is 6.61 Å². The van der Waals surface area contributed by atoms with Crippen LogP contribution >= 0.6 is 0 Å². The number of rotatable bonds is 5. The van der Waals surface area contributed by atoms with E-state index in [4.69, 9.17) is 9.47 Å². The van der Waals surface area contributed by atoms with Crippen LogP contribution in [0.4, 0.5) is 0 Å². The zero-order valence-electron chi connectivity index (χ0n) is 12.5. The maximum absolute atomic E-state index is 6.14. The first kappa shape index (κ1) is 13.9. The molecule has 5 heteroatoms. The van der Waals surface area contributed by atoms with Crippen LogP contribution in [0.5, 0.6) is 11.5 Å². The molecule has 1 aromatic carbocycles. The monoisotopic (exact) mass is 287 g/mol. The van der Waals surface area contributed by atoms with Gasteiger partial charge in [-0.2, -0.15) is 5.10 Å². The zero-order valence-corrected chi connectivity index (χ0v) is 12.5. The molecule has 112 valence electrons. The number of para-hydroxylation sites is 2. The van der Waals surface area contributed by atoms with Crippen LogP contribution in [-0.4, -0.2) is 29.0 Å². The van der Waals surface area contributed by atoms with Gasteiger partial charge in [-0.3, -0.25) is 4.68 Å². The minimum atomic E-state index is -0.0677. The number of nitrogens with zero attached hydrogens (tertiary/aromatic N) is 2. The Bertz CT molecular complexity index is 597. The van der Waals surface area contributed by atoms with Crippen molar-refractivity contribution in [3.8, 4) is 11.5 Å². The summed E-state index contributed by atoms with van der Waals surface area (Å²) in [5, 5.41) is 7.81. The van der Waals surface area contributed by atoms with Crippen molar-refractivity contribution >= 4 is 0 Å². The highest BCUT2D eigenvalue weighted by atomic mass is 16.6. The summed E-state index contributed by atoms with van der Waals surface area (Å²) in [7, 11) is 1.95. The molecule has 2 atom stereocenters. The molecule has 0 spiro atoms. The van der Waals surface area contributed by atoms with Crippen LogP contribution in [0, 0.1) is 0 Å². The fourth-order valence-corrected chi connectivity index (χ4v) is 2.62. The molecule has 0 radical (unpaired) electrons. The number of hydrogen-bond donors (Lipinski definition) is 1. The molecule has 1 N–H and O–H groups in total. The van der Waals surface area contributed by atoms with Crippen LogP contribution in [0.2, 0.25) is 0 Å². The van der Waals surface area contributed by atoms with Crippen molar-refractivity contribution in [1.82, 2.24) is 15.1 Å². The van der Waals surface area contributed by atoms with Gasteiger partial charge in [-0.1, -0.05) is 19.1 Å². The Balaban J connectivity index is 1.83. The van der Waals surface area contributed by atoms with Gasteiger partial charge < -0.3 is 14.8 Å². The van der Waals surface area contributed by atoms with Gasteiger partial charge in [-0.25, -0.2) is 0 Å². The first-order chi connectivity index (χ1) is 10.3. The summed E-state index contributed by atoms with van der Waals surface area (Å²) >= 11 is 0. The van der Waals surface area contributed by atoms with Crippen molar-refractivity contribution in [3.63, 3.8) is 0 Å². The maximum atomic E-state index is 6.14. The van der Waals surface area contributed by atoms with Crippen LogP contribution < -0.4 is 14.8 Å². The lowest BCUT2D eigenvalue weighted by atomic mass is 10.1. The second-order valence-electron chi connectivity index (χ2n) is 5.23. The Labute approximate surface area is 124 Å². The van der Waals surface area contributed by atoms with Crippen molar-refractivity contribution in [2.24, 2.45) is 7.05 Å². The Hall–Kier alpha value is -2.01. The van der Waals surface area contributed by atoms with Gasteiger partial charge in [0.05, 0.1) is 11.7 Å². The number of fused-ring (bicyclic) bond motifs is 1. The van der Waals surface area contributed by atoms with Crippen molar-refractivity contribution in [2.75, 3.05) is 13.2 Å². The predicted octanol–water partition coefficient (Wildman–Crippen LogP) is 2.30. The Morgan fingerprint density at radius 1 is 1.33 bits per heavy atom. The van der Waals surface area contributed by atoms with E-state index in [0.717, 1.165) is 30.2 Å². The average molecular weight is 287 g/mol. The van der Waals surface area contributed by atoms with Crippen molar-refractivity contribution in [3.05, 3.63) is 42.2 Å². The van der Waals surface area contributed by atoms with E-state index in [0.29, 0.717) is 6.61 Å². The zero-order chi connectivity index (χ0) is 14.7. The molecule has 1 aliphatic rings. The average Bonchev–Trinajstić information content (AvgIpc) is 2.94. The van der Waals surface area contributed by atoms with Gasteiger partial charge in [0.2, 0.25) is 0 Å². The highest BCUT2D eigenvalue weighted by molar-refractivity contribution is 5.41. The first-order valence-electron chi connectivity index (χ1n) is 7.39. The number of nitrogens with one attached hydrogen (secondary N) is 1. The standard InChI is InChI=1S/C16H21N3O2/c1-3-9-17-16(12-8-10-18-19(12)2)15-11-20-13-6-4-5-7-14(13)21-15/h4-8,10,15-17H,3,9,11H2,1-2H3. The molecule has 0 saturated heterocycles. The maximum Gasteiger partial charge on any atom is 0.161 e. The van der Waals surface area contributed by atoms with Gasteiger partial charge in [0.15, 0.2) is 17.6 Å². The Morgan fingerprint density at radius 2 is 2.14 bits per heavy atom. The molecule has 2 heterocycles. The van der Waals surface area contributed by atoms with E-state index in [1.807, 2.05) is 48.3 Å². The van der Waals surface area contributed by atoms with Crippen molar-refractivity contribution in [1.29, 1.82) is 0 Å². The third-order valence-corrected chi connectivity index (χ3v) is 3.69. The molecule has 2 aromatic rings. The lowest BCUT2D eigenvalue weighted by molar-refractivity contribution is 0.0595. The van der Waals surface area contributed by atoms with Crippen LogP contribution in [-0.2, 0) is 7.05 Å². The minimum Gasteiger partial charge on any atom is -0.486 e. The topological polar surface area (TPSA) is 48.3 Å². The third kappa shape index (κ3) is 2.88. The third-order valence-electron chi connectivity index (χ3n) is 3.69. The minimum absolute atomic E-state index is 0.0609. The van der Waals surface area contributed by atoms with Crippen molar-refractivity contribution in [2.45, 2.75) is 25.5 Å². The van der Waals surface area contributed by atoms with E-state index in [1.54, 1.807) is 0 Å². The molecule has 5 nitrogen and oxygen atoms in total. The lowest BCUT2D eigenvalue weighted by Gasteiger charge is -2.32. The molecule has 3 rings (SSSR count). The molecule has 0 bridgehead atoms. The molecule has 1 aromatic heterocycles. The molecule has 2 unspecified atom stereocenters. The molecule has 0 amide bonds. The summed E-state index contributed by atoms with van der Waals surface area (Å²) in [4.78, 5) is 0. The molecule has 0 fully saturated rings. The summed E-state index contributed by atoms with van der Waals surface area (Å²) in [6.45, 7) is 3.61. The largest absolute Gasteiger partial charge is 0.486 e. The van der Waals surface area contributed by atoms with E-state index in [2.05, 4.69) is 17.3 Å². The van der Waals surface area contributed by atoms with E-state index >= 15 is 0 Å². The van der Waals surface area contributed by atoms with Gasteiger partial charge in [-0.05, 0) is 31.2 Å². The predicted molar refractivity (Wildman–Crippen MR) is 80.6 cm³/mol. The molecular formula is C16H21N3O2. The molecule has 0 saturated carbocycles. The summed E-state index contributed by atoms with van der Waals surface area (Å²) in [6.07, 6.45) is 2.81. The number of benzene rings is 1. The summed E-state index contributed by atoms with van der Waals surface area (Å²) < 4.78 is 13.9. The normalized spacial score (nSPS) is 18.5. The van der Waals surface area contributed by atoms with E-state index in [9.17, 15) is 0 Å². The van der Waals surface area contributed by atoms with Crippen molar-refractivity contribution < 1.29 is 9.47 Å². The van der Waals surface area contributed by atoms with E-state index in [1.165, 1.54) is 0 Å². The lowest BCUT2D eigenvalue weighted by Crippen LogP contribution is -2.42. The van der Waals surface area contributed by atoms with E-state index in [-0.39, 0.29) is 12.1 Å². The van der Waals surface area contributed by atoms with Gasteiger partial charge in [-0.15, -0.1) is 0 Å². The fraction of sp³-hybridized carbons (Fsp3) is 0.438. The molecular weight excluding hydrogens is 266 g/mol. The van der Waals surface area contributed by atoms with Crippen LogP contribution in [0.1, 0.15) is 25.1 Å². The number of ether oxygens (including phenoxy) is 2. The number of aromatic nitrogens is 2. The second kappa shape index (κ2) is 6.18.